The van der Waals surface area contributed by atoms with Crippen molar-refractivity contribution < 1.29 is 14.6 Å². The van der Waals surface area contributed by atoms with Crippen molar-refractivity contribution in [3.05, 3.63) is 62.8 Å². The number of phenols is 1. The molecule has 146 valence electrons. The molecule has 0 saturated carbocycles. The number of rotatable bonds is 5. The van der Waals surface area contributed by atoms with Crippen LogP contribution in [0.25, 0.3) is 11.1 Å². The van der Waals surface area contributed by atoms with E-state index in [1.165, 1.54) is 0 Å². The molecule has 0 radical (unpaired) electrons. The van der Waals surface area contributed by atoms with Crippen LogP contribution in [0.4, 0.5) is 0 Å². The third-order valence-corrected chi connectivity index (χ3v) is 5.37. The Bertz CT molecular complexity index is 1060. The number of carbonyl (C=O) groups excluding carboxylic acids is 1. The van der Waals surface area contributed by atoms with E-state index >= 15 is 0 Å². The topological polar surface area (TPSA) is 64.3 Å². The van der Waals surface area contributed by atoms with E-state index in [-0.39, 0.29) is 28.2 Å². The van der Waals surface area contributed by atoms with Gasteiger partial charge in [-0.1, -0.05) is 53.0 Å². The molecule has 3 aromatic rings. The summed E-state index contributed by atoms with van der Waals surface area (Å²) in [5.74, 6) is 0.0512. The van der Waals surface area contributed by atoms with Gasteiger partial charge in [0.15, 0.2) is 18.1 Å². The van der Waals surface area contributed by atoms with Crippen LogP contribution in [0.1, 0.15) is 27.2 Å². The predicted octanol–water partition coefficient (Wildman–Crippen LogP) is 5.29. The lowest BCUT2D eigenvalue weighted by molar-refractivity contribution is 0.0915. The van der Waals surface area contributed by atoms with Gasteiger partial charge in [-0.05, 0) is 32.4 Å². The van der Waals surface area contributed by atoms with E-state index in [0.29, 0.717) is 33.8 Å². The molecule has 1 aromatic heterocycles. The second-order valence-electron chi connectivity index (χ2n) is 6.68. The molecule has 0 saturated heterocycles. The zero-order chi connectivity index (χ0) is 20.6. The van der Waals surface area contributed by atoms with Gasteiger partial charge in [-0.15, -0.1) is 0 Å². The zero-order valence-electron chi connectivity index (χ0n) is 16.0. The zero-order valence-corrected chi connectivity index (χ0v) is 17.5. The van der Waals surface area contributed by atoms with E-state index in [9.17, 15) is 9.90 Å². The number of ether oxygens (including phenoxy) is 1. The van der Waals surface area contributed by atoms with E-state index in [1.807, 2.05) is 19.1 Å². The first kappa shape index (κ1) is 20.2. The molecule has 0 amide bonds. The number of phenolic OH excluding ortho intramolecular Hbond substituents is 1. The molecule has 0 atom stereocenters. The number of nitrogens with zero attached hydrogens (tertiary/aromatic N) is 2. The molecule has 3 rings (SSSR count). The Morgan fingerprint density at radius 2 is 1.79 bits per heavy atom. The number of hydrogen-bond acceptors (Lipinski definition) is 4. The Balaban J connectivity index is 1.96. The van der Waals surface area contributed by atoms with Gasteiger partial charge >= 0.3 is 0 Å². The summed E-state index contributed by atoms with van der Waals surface area (Å²) in [7, 11) is 1.72. The van der Waals surface area contributed by atoms with E-state index in [1.54, 1.807) is 43.8 Å². The number of benzene rings is 2. The lowest BCUT2D eigenvalue weighted by atomic mass is 10.0. The fourth-order valence-electron chi connectivity index (χ4n) is 3.01. The lowest BCUT2D eigenvalue weighted by Crippen LogP contribution is -2.13. The number of halogens is 2. The molecular weight excluding hydrogens is 399 g/mol. The molecule has 0 fully saturated rings. The number of hydrogen-bond donors (Lipinski definition) is 1. The summed E-state index contributed by atoms with van der Waals surface area (Å²) in [5, 5.41) is 14.9. The second kappa shape index (κ2) is 7.86. The summed E-state index contributed by atoms with van der Waals surface area (Å²) >= 11 is 12.4. The minimum absolute atomic E-state index is 0.112. The van der Waals surface area contributed by atoms with E-state index < -0.39 is 0 Å². The molecule has 0 aliphatic heterocycles. The normalized spacial score (nSPS) is 10.9. The highest BCUT2D eigenvalue weighted by Gasteiger charge is 2.23. The maximum Gasteiger partial charge on any atom is 0.220 e. The summed E-state index contributed by atoms with van der Waals surface area (Å²) in [6, 6.07) is 9.07. The van der Waals surface area contributed by atoms with Crippen molar-refractivity contribution in [3.8, 4) is 22.8 Å². The van der Waals surface area contributed by atoms with Crippen LogP contribution in [0.5, 0.6) is 11.6 Å². The number of aryl methyl sites for hydroxylation is 4. The first-order valence-corrected chi connectivity index (χ1v) is 9.40. The maximum absolute atomic E-state index is 12.5. The summed E-state index contributed by atoms with van der Waals surface area (Å²) in [5.41, 5.74) is 4.13. The van der Waals surface area contributed by atoms with Crippen molar-refractivity contribution in [1.82, 2.24) is 9.78 Å². The molecule has 2 aromatic carbocycles. The molecule has 1 heterocycles. The monoisotopic (exact) mass is 418 g/mol. The van der Waals surface area contributed by atoms with Gasteiger partial charge < -0.3 is 9.84 Å². The molecular formula is C21H20Cl2N2O3. The van der Waals surface area contributed by atoms with Crippen molar-refractivity contribution in [2.75, 3.05) is 6.61 Å². The molecule has 7 heteroatoms. The Hall–Kier alpha value is -2.50. The van der Waals surface area contributed by atoms with Crippen LogP contribution < -0.4 is 4.74 Å². The first-order chi connectivity index (χ1) is 13.2. The van der Waals surface area contributed by atoms with Gasteiger partial charge in [0.2, 0.25) is 5.88 Å². The van der Waals surface area contributed by atoms with Crippen LogP contribution in [0, 0.1) is 20.8 Å². The van der Waals surface area contributed by atoms with Gasteiger partial charge in [-0.25, -0.2) is 4.68 Å². The van der Waals surface area contributed by atoms with Gasteiger partial charge in [-0.3, -0.25) is 4.79 Å². The Kier molecular flexibility index (Phi) is 5.68. The Morgan fingerprint density at radius 3 is 2.43 bits per heavy atom. The lowest BCUT2D eigenvalue weighted by Gasteiger charge is -2.13. The predicted molar refractivity (Wildman–Crippen MR) is 111 cm³/mol. The van der Waals surface area contributed by atoms with Crippen molar-refractivity contribution in [2.24, 2.45) is 7.05 Å². The molecule has 0 aliphatic carbocycles. The van der Waals surface area contributed by atoms with Crippen molar-refractivity contribution in [3.63, 3.8) is 0 Å². The van der Waals surface area contributed by atoms with E-state index in [4.69, 9.17) is 27.9 Å². The summed E-state index contributed by atoms with van der Waals surface area (Å²) in [6.45, 7) is 5.39. The van der Waals surface area contributed by atoms with Gasteiger partial charge in [0.1, 0.15) is 0 Å². The quantitative estimate of drug-likeness (QED) is 0.571. The third kappa shape index (κ3) is 3.73. The number of Topliss-reactive ketones (excluding diaryl/α,β-unsaturated/α-hetero) is 1. The fourth-order valence-corrected chi connectivity index (χ4v) is 3.45. The molecule has 5 nitrogen and oxygen atoms in total. The molecule has 0 aliphatic rings. The van der Waals surface area contributed by atoms with E-state index in [0.717, 1.165) is 5.56 Å². The minimum atomic E-state index is -0.191. The maximum atomic E-state index is 12.5. The highest BCUT2D eigenvalue weighted by Crippen LogP contribution is 2.45. The van der Waals surface area contributed by atoms with Crippen molar-refractivity contribution in [1.29, 1.82) is 0 Å². The highest BCUT2D eigenvalue weighted by atomic mass is 35.5. The number of ketones is 1. The number of carbonyl (C=O) groups is 1. The average molecular weight is 419 g/mol. The minimum Gasteiger partial charge on any atom is -0.505 e. The molecule has 0 spiro atoms. The highest BCUT2D eigenvalue weighted by molar-refractivity contribution is 6.39. The summed E-state index contributed by atoms with van der Waals surface area (Å²) in [4.78, 5) is 12.5. The molecule has 0 bridgehead atoms. The number of aromatic nitrogens is 2. The Labute approximate surface area is 173 Å². The molecule has 1 N–H and O–H groups in total. The SMILES string of the molecule is Cc1ccc(C(=O)COc2c(-c3cc(C)c(Cl)c(O)c3Cl)c(C)nn2C)cc1. The largest absolute Gasteiger partial charge is 0.505 e. The van der Waals surface area contributed by atoms with Crippen LogP contribution in [-0.4, -0.2) is 27.3 Å². The smallest absolute Gasteiger partial charge is 0.220 e. The second-order valence-corrected chi connectivity index (χ2v) is 7.44. The molecule has 0 unspecified atom stereocenters. The summed E-state index contributed by atoms with van der Waals surface area (Å²) < 4.78 is 7.38. The van der Waals surface area contributed by atoms with E-state index in [2.05, 4.69) is 5.10 Å². The first-order valence-electron chi connectivity index (χ1n) is 8.65. The van der Waals surface area contributed by atoms with Crippen LogP contribution >= 0.6 is 23.2 Å². The van der Waals surface area contributed by atoms with Crippen molar-refractivity contribution >= 4 is 29.0 Å². The third-order valence-electron chi connectivity index (χ3n) is 4.51. The van der Waals surface area contributed by atoms with Crippen molar-refractivity contribution in [2.45, 2.75) is 20.8 Å². The van der Waals surface area contributed by atoms with Gasteiger partial charge in [0, 0.05) is 18.2 Å². The number of aromatic hydroxyl groups is 1. The standard InChI is InChI=1S/C21H20Cl2N2O3/c1-11-5-7-14(8-6-11)16(26)10-28-21-17(13(3)24-25(21)4)15-9-12(2)18(22)20(27)19(15)23/h5-9,27H,10H2,1-4H3. The fraction of sp³-hybridized carbons (Fsp3) is 0.238. The van der Waals surface area contributed by atoms with Gasteiger partial charge in [0.05, 0.1) is 21.3 Å². The average Bonchev–Trinajstić information content (AvgIpc) is 2.94. The van der Waals surface area contributed by atoms with Crippen LogP contribution in [0.2, 0.25) is 10.0 Å². The van der Waals surface area contributed by atoms with Crippen LogP contribution in [0.15, 0.2) is 30.3 Å². The Morgan fingerprint density at radius 1 is 1.14 bits per heavy atom. The molecule has 28 heavy (non-hydrogen) atoms. The van der Waals surface area contributed by atoms with Crippen LogP contribution in [0.3, 0.4) is 0 Å². The summed E-state index contributed by atoms with van der Waals surface area (Å²) in [6.07, 6.45) is 0. The van der Waals surface area contributed by atoms with Crippen LogP contribution in [-0.2, 0) is 7.05 Å². The van der Waals surface area contributed by atoms with Gasteiger partial charge in [-0.2, -0.15) is 5.10 Å². The van der Waals surface area contributed by atoms with Gasteiger partial charge in [0.25, 0.3) is 0 Å².